The molecule has 0 aliphatic heterocycles. The van der Waals surface area contributed by atoms with Crippen molar-refractivity contribution in [3.63, 3.8) is 0 Å². The average Bonchev–Trinajstić information content (AvgIpc) is 3.76. The van der Waals surface area contributed by atoms with E-state index in [1.807, 2.05) is 11.3 Å². The molecule has 6 aromatic carbocycles. The SMILES string of the molecule is C1=CC2=c3c(oc4c(N(c5ccccc5)c5ccc6sc7ccccc7c6c5)c(N(c5ccccc5)c5ccccc5)ccc34)=CCC2C=C1. The van der Waals surface area contributed by atoms with Crippen molar-refractivity contribution in [1.29, 1.82) is 0 Å². The first-order valence-corrected chi connectivity index (χ1v) is 17.9. The number of fused-ring (bicyclic) bond motifs is 7. The summed E-state index contributed by atoms with van der Waals surface area (Å²) in [7, 11) is 0. The zero-order chi connectivity index (χ0) is 33.0. The number of thiophene rings is 1. The van der Waals surface area contributed by atoms with Crippen LogP contribution in [0.15, 0.2) is 174 Å². The maximum Gasteiger partial charge on any atom is 0.161 e. The van der Waals surface area contributed by atoms with Gasteiger partial charge in [-0.3, -0.25) is 0 Å². The van der Waals surface area contributed by atoms with Gasteiger partial charge in [0, 0.05) is 59.4 Å². The lowest BCUT2D eigenvalue weighted by atomic mass is 9.87. The van der Waals surface area contributed by atoms with E-state index in [-0.39, 0.29) is 0 Å². The molecule has 1 atom stereocenters. The number of rotatable bonds is 6. The van der Waals surface area contributed by atoms with Crippen molar-refractivity contribution >= 4 is 88.3 Å². The van der Waals surface area contributed by atoms with E-state index in [0.29, 0.717) is 5.92 Å². The van der Waals surface area contributed by atoms with E-state index in [4.69, 9.17) is 4.42 Å². The van der Waals surface area contributed by atoms with Crippen LogP contribution in [0.5, 0.6) is 0 Å². The Bertz CT molecular complexity index is 2700. The van der Waals surface area contributed by atoms with Gasteiger partial charge < -0.3 is 14.2 Å². The topological polar surface area (TPSA) is 19.6 Å². The highest BCUT2D eigenvalue weighted by Gasteiger charge is 2.29. The molecule has 238 valence electrons. The van der Waals surface area contributed by atoms with E-state index in [1.54, 1.807) is 0 Å². The summed E-state index contributed by atoms with van der Waals surface area (Å²) in [6, 6.07) is 52.2. The zero-order valence-electron chi connectivity index (χ0n) is 27.2. The second-order valence-corrected chi connectivity index (χ2v) is 13.9. The fraction of sp³-hybridized carbons (Fsp3) is 0.0435. The largest absolute Gasteiger partial charge is 0.454 e. The van der Waals surface area contributed by atoms with Gasteiger partial charge in [0.15, 0.2) is 5.58 Å². The van der Waals surface area contributed by atoms with Crippen LogP contribution in [0.2, 0.25) is 0 Å². The molecule has 2 heterocycles. The summed E-state index contributed by atoms with van der Waals surface area (Å²) in [5.74, 6) is 0.348. The van der Waals surface area contributed by atoms with Crippen molar-refractivity contribution in [2.75, 3.05) is 9.80 Å². The Hall–Kier alpha value is -6.10. The molecule has 10 rings (SSSR count). The molecule has 0 fully saturated rings. The number of nitrogens with zero attached hydrogens (tertiary/aromatic N) is 2. The van der Waals surface area contributed by atoms with E-state index < -0.39 is 0 Å². The molecule has 0 N–H and O–H groups in total. The van der Waals surface area contributed by atoms with Gasteiger partial charge in [0.05, 0.1) is 5.69 Å². The quantitative estimate of drug-likeness (QED) is 0.177. The maximum atomic E-state index is 7.10. The molecular weight excluding hydrogens is 629 g/mol. The first-order chi connectivity index (χ1) is 24.8. The van der Waals surface area contributed by atoms with E-state index >= 15 is 0 Å². The van der Waals surface area contributed by atoms with Crippen molar-refractivity contribution in [3.05, 3.63) is 181 Å². The second kappa shape index (κ2) is 11.8. The Balaban J connectivity index is 1.34. The van der Waals surface area contributed by atoms with E-state index in [1.165, 1.54) is 31.0 Å². The van der Waals surface area contributed by atoms with Crippen LogP contribution >= 0.6 is 11.3 Å². The summed E-state index contributed by atoms with van der Waals surface area (Å²) in [5, 5.41) is 4.85. The normalized spacial score (nSPS) is 14.9. The molecule has 8 aromatic rings. The molecule has 0 saturated heterocycles. The van der Waals surface area contributed by atoms with Crippen LogP contribution < -0.4 is 20.4 Å². The minimum atomic E-state index is 0.348. The number of furan rings is 1. The van der Waals surface area contributed by atoms with Gasteiger partial charge in [0.25, 0.3) is 0 Å². The summed E-state index contributed by atoms with van der Waals surface area (Å²) < 4.78 is 9.67. The van der Waals surface area contributed by atoms with Crippen LogP contribution in [0, 0.1) is 5.92 Å². The van der Waals surface area contributed by atoms with Crippen LogP contribution in [0.1, 0.15) is 6.42 Å². The summed E-state index contributed by atoms with van der Waals surface area (Å²) in [5.41, 5.74) is 9.45. The summed E-state index contributed by atoms with van der Waals surface area (Å²) in [6.07, 6.45) is 12.1. The first-order valence-electron chi connectivity index (χ1n) is 17.1. The Morgan fingerprint density at radius 1 is 0.560 bits per heavy atom. The Kier molecular flexibility index (Phi) is 6.81. The molecular formula is C46H32N2OS. The maximum absolute atomic E-state index is 7.10. The van der Waals surface area contributed by atoms with Gasteiger partial charge in [-0.15, -0.1) is 11.3 Å². The van der Waals surface area contributed by atoms with Gasteiger partial charge in [0.1, 0.15) is 11.1 Å². The minimum absolute atomic E-state index is 0.348. The monoisotopic (exact) mass is 660 g/mol. The van der Waals surface area contributed by atoms with Crippen LogP contribution in [0.3, 0.4) is 0 Å². The molecule has 2 aliphatic carbocycles. The molecule has 0 bridgehead atoms. The molecule has 0 spiro atoms. The van der Waals surface area contributed by atoms with Crippen molar-refractivity contribution in [2.45, 2.75) is 6.42 Å². The summed E-state index contributed by atoms with van der Waals surface area (Å²) in [6.45, 7) is 0. The molecule has 0 amide bonds. The van der Waals surface area contributed by atoms with E-state index in [0.717, 1.165) is 56.9 Å². The Labute approximate surface area is 294 Å². The lowest BCUT2D eigenvalue weighted by Crippen LogP contribution is -2.29. The molecule has 3 nitrogen and oxygen atoms in total. The molecule has 1 unspecified atom stereocenters. The highest BCUT2D eigenvalue weighted by Crippen LogP contribution is 2.49. The third-order valence-corrected chi connectivity index (χ3v) is 11.1. The third kappa shape index (κ3) is 4.64. The van der Waals surface area contributed by atoms with Crippen molar-refractivity contribution in [2.24, 2.45) is 5.92 Å². The number of allylic oxidation sites excluding steroid dienone is 4. The number of para-hydroxylation sites is 3. The van der Waals surface area contributed by atoms with Gasteiger partial charge >= 0.3 is 0 Å². The van der Waals surface area contributed by atoms with Crippen molar-refractivity contribution in [1.82, 2.24) is 0 Å². The van der Waals surface area contributed by atoms with Crippen molar-refractivity contribution in [3.8, 4) is 0 Å². The predicted molar refractivity (Wildman–Crippen MR) is 212 cm³/mol. The van der Waals surface area contributed by atoms with Crippen LogP contribution in [-0.2, 0) is 0 Å². The van der Waals surface area contributed by atoms with Gasteiger partial charge in [-0.25, -0.2) is 0 Å². The van der Waals surface area contributed by atoms with Gasteiger partial charge in [-0.05, 0) is 90.9 Å². The highest BCUT2D eigenvalue weighted by molar-refractivity contribution is 7.25. The number of hydrogen-bond donors (Lipinski definition) is 0. The number of anilines is 6. The molecule has 0 radical (unpaired) electrons. The molecule has 0 saturated carbocycles. The van der Waals surface area contributed by atoms with Crippen LogP contribution in [-0.4, -0.2) is 0 Å². The van der Waals surface area contributed by atoms with Gasteiger partial charge in [-0.2, -0.15) is 0 Å². The molecule has 2 aromatic heterocycles. The lowest BCUT2D eigenvalue weighted by molar-refractivity contribution is 0.569. The standard InChI is InChI=1S/C46H32N2OS/c1-4-15-32(16-5-1)47(33-17-6-2-7-18-33)40-27-26-38-44-36-21-11-10-14-31(36)24-28-41(44)49-46(38)45(40)48(34-19-8-3-9-20-34)35-25-29-43-39(30-35)37-22-12-13-23-42(37)50-43/h1-23,25-31H,24H2. The molecule has 2 aliphatic rings. The van der Waals surface area contributed by atoms with Crippen LogP contribution in [0.4, 0.5) is 34.1 Å². The van der Waals surface area contributed by atoms with Crippen LogP contribution in [0.25, 0.3) is 42.8 Å². The fourth-order valence-corrected chi connectivity index (χ4v) is 8.79. The lowest BCUT2D eigenvalue weighted by Gasteiger charge is -2.33. The average molecular weight is 661 g/mol. The van der Waals surface area contributed by atoms with E-state index in [2.05, 4.69) is 186 Å². The molecule has 4 heteroatoms. The Morgan fingerprint density at radius 3 is 1.96 bits per heavy atom. The smallest absolute Gasteiger partial charge is 0.161 e. The predicted octanol–water partition coefficient (Wildman–Crippen LogP) is 11.8. The summed E-state index contributed by atoms with van der Waals surface area (Å²) >= 11 is 1.84. The minimum Gasteiger partial charge on any atom is -0.454 e. The van der Waals surface area contributed by atoms with Gasteiger partial charge in [0.2, 0.25) is 0 Å². The number of hydrogen-bond acceptors (Lipinski definition) is 4. The van der Waals surface area contributed by atoms with Gasteiger partial charge in [-0.1, -0.05) is 97.1 Å². The van der Waals surface area contributed by atoms with Crippen molar-refractivity contribution < 1.29 is 4.42 Å². The van der Waals surface area contributed by atoms with E-state index in [9.17, 15) is 0 Å². The first kappa shape index (κ1) is 28.9. The Morgan fingerprint density at radius 2 is 1.22 bits per heavy atom. The zero-order valence-corrected chi connectivity index (χ0v) is 28.1. The second-order valence-electron chi connectivity index (χ2n) is 12.9. The third-order valence-electron chi connectivity index (χ3n) is 9.94. The highest BCUT2D eigenvalue weighted by atomic mass is 32.1. The number of benzene rings is 6. The summed E-state index contributed by atoms with van der Waals surface area (Å²) in [4.78, 5) is 4.75. The fourth-order valence-electron chi connectivity index (χ4n) is 7.70. The molecule has 50 heavy (non-hydrogen) atoms.